The average Bonchev–Trinajstić information content (AvgIpc) is 2.55. The van der Waals surface area contributed by atoms with Crippen LogP contribution >= 0.6 is 25.3 Å². The molecule has 1 atom stereocenters. The number of fused-ring (bicyclic) bond motifs is 1. The van der Waals surface area contributed by atoms with Gasteiger partial charge in [-0.1, -0.05) is 18.2 Å². The maximum atomic E-state index is 11.2. The molecular formula is C18H16N2O3S2. The maximum absolute atomic E-state index is 11.2. The molecule has 0 saturated heterocycles. The molecular weight excluding hydrogens is 356 g/mol. The smallest absolute Gasteiger partial charge is 0.283 e. The van der Waals surface area contributed by atoms with Gasteiger partial charge in [-0.25, -0.2) is 4.98 Å². The molecule has 0 bridgehead atoms. The fourth-order valence-corrected chi connectivity index (χ4v) is 3.61. The first-order chi connectivity index (χ1) is 11.9. The number of thiol groups is 2. The van der Waals surface area contributed by atoms with Crippen LogP contribution in [0.4, 0.5) is 5.69 Å². The lowest BCUT2D eigenvalue weighted by atomic mass is 10.1. The molecule has 0 radical (unpaired) electrons. The molecule has 7 heteroatoms. The van der Waals surface area contributed by atoms with E-state index in [1.165, 1.54) is 6.07 Å². The summed E-state index contributed by atoms with van der Waals surface area (Å²) in [5.41, 5.74) is 2.14. The monoisotopic (exact) mass is 372 g/mol. The molecule has 0 amide bonds. The first-order valence-corrected chi connectivity index (χ1v) is 8.50. The number of nitro benzene ring substituents is 1. The highest BCUT2D eigenvalue weighted by molar-refractivity contribution is 7.81. The van der Waals surface area contributed by atoms with Crippen LogP contribution in [0.15, 0.2) is 52.3 Å². The van der Waals surface area contributed by atoms with Gasteiger partial charge in [0.2, 0.25) is 0 Å². The highest BCUT2D eigenvalue weighted by Crippen LogP contribution is 2.37. The number of hydrogen-bond donors (Lipinski definition) is 2. The van der Waals surface area contributed by atoms with Crippen LogP contribution in [-0.4, -0.2) is 9.91 Å². The lowest BCUT2D eigenvalue weighted by Crippen LogP contribution is -2.07. The Bertz CT molecular complexity index is 976. The van der Waals surface area contributed by atoms with Gasteiger partial charge >= 0.3 is 0 Å². The van der Waals surface area contributed by atoms with E-state index in [4.69, 9.17) is 4.74 Å². The quantitative estimate of drug-likeness (QED) is 0.377. The predicted octanol–water partition coefficient (Wildman–Crippen LogP) is 5.17. The average molecular weight is 372 g/mol. The Morgan fingerprint density at radius 1 is 1.16 bits per heavy atom. The summed E-state index contributed by atoms with van der Waals surface area (Å²) in [7, 11) is 0. The molecule has 0 fully saturated rings. The molecule has 128 valence electrons. The summed E-state index contributed by atoms with van der Waals surface area (Å²) in [6, 6.07) is 12.6. The first-order valence-electron chi connectivity index (χ1n) is 7.60. The Morgan fingerprint density at radius 2 is 1.92 bits per heavy atom. The molecule has 1 unspecified atom stereocenters. The van der Waals surface area contributed by atoms with Crippen LogP contribution in [-0.2, 0) is 0 Å². The highest BCUT2D eigenvalue weighted by Gasteiger charge is 2.22. The van der Waals surface area contributed by atoms with E-state index in [-0.39, 0.29) is 10.6 Å². The van der Waals surface area contributed by atoms with Gasteiger partial charge in [0.05, 0.1) is 9.82 Å². The van der Waals surface area contributed by atoms with Crippen LogP contribution in [0.1, 0.15) is 24.3 Å². The third-order valence-corrected chi connectivity index (χ3v) is 4.76. The van der Waals surface area contributed by atoms with Crippen LogP contribution in [0.2, 0.25) is 0 Å². The van der Waals surface area contributed by atoms with Gasteiger partial charge in [0.1, 0.15) is 17.4 Å². The van der Waals surface area contributed by atoms with Crippen LogP contribution in [0.3, 0.4) is 0 Å². The van der Waals surface area contributed by atoms with Crippen molar-refractivity contribution < 1.29 is 9.66 Å². The number of benzene rings is 2. The van der Waals surface area contributed by atoms with Gasteiger partial charge in [-0.15, -0.1) is 25.3 Å². The van der Waals surface area contributed by atoms with E-state index >= 15 is 0 Å². The number of rotatable bonds is 4. The number of nitrogens with zero attached hydrogens (tertiary/aromatic N) is 2. The van der Waals surface area contributed by atoms with E-state index in [0.29, 0.717) is 16.2 Å². The fraction of sp³-hybridized carbons (Fsp3) is 0.167. The number of hydrogen-bond acceptors (Lipinski definition) is 6. The Labute approximate surface area is 156 Å². The Hall–Kier alpha value is -2.25. The van der Waals surface area contributed by atoms with E-state index < -0.39 is 11.0 Å². The molecule has 3 rings (SSSR count). The van der Waals surface area contributed by atoms with Crippen molar-refractivity contribution in [3.8, 4) is 5.75 Å². The van der Waals surface area contributed by atoms with Gasteiger partial charge in [-0.3, -0.25) is 10.1 Å². The zero-order valence-electron chi connectivity index (χ0n) is 13.6. The molecule has 1 heterocycles. The number of pyridine rings is 1. The van der Waals surface area contributed by atoms with E-state index in [9.17, 15) is 10.1 Å². The summed E-state index contributed by atoms with van der Waals surface area (Å²) in [5, 5.41) is 12.1. The summed E-state index contributed by atoms with van der Waals surface area (Å²) in [6.07, 6.45) is -0.479. The van der Waals surface area contributed by atoms with Gasteiger partial charge in [0.15, 0.2) is 0 Å². The molecule has 0 aliphatic heterocycles. The fourth-order valence-electron chi connectivity index (χ4n) is 2.70. The van der Waals surface area contributed by atoms with Crippen molar-refractivity contribution in [2.75, 3.05) is 0 Å². The molecule has 5 nitrogen and oxygen atoms in total. The summed E-state index contributed by atoms with van der Waals surface area (Å²) < 4.78 is 6.08. The number of aryl methyl sites for hydroxylation is 1. The minimum absolute atomic E-state index is 0.0709. The third kappa shape index (κ3) is 3.43. The topological polar surface area (TPSA) is 65.3 Å². The van der Waals surface area contributed by atoms with Crippen LogP contribution in [0.25, 0.3) is 10.9 Å². The van der Waals surface area contributed by atoms with Gasteiger partial charge < -0.3 is 4.74 Å². The standard InChI is InChI=1S/C18H16N2O3S2/c1-10-6-7-12-4-3-5-14(17(12)19-10)23-11(2)16-15(24)9-8-13(18(16)25)20(21)22/h3-9,11,24-25H,1-2H3. The number of para-hydroxylation sites is 1. The summed E-state index contributed by atoms with van der Waals surface area (Å²) in [4.78, 5) is 16.1. The van der Waals surface area contributed by atoms with E-state index in [2.05, 4.69) is 30.2 Å². The molecule has 0 saturated carbocycles. The second kappa shape index (κ2) is 6.93. The molecule has 3 aromatic rings. The van der Waals surface area contributed by atoms with Crippen molar-refractivity contribution in [2.24, 2.45) is 0 Å². The second-order valence-electron chi connectivity index (χ2n) is 5.66. The SMILES string of the molecule is Cc1ccc2cccc(OC(C)c3c(S)ccc([N+](=O)[O-])c3S)c2n1. The van der Waals surface area contributed by atoms with E-state index in [0.717, 1.165) is 16.6 Å². The van der Waals surface area contributed by atoms with Gasteiger partial charge in [-0.2, -0.15) is 0 Å². The third-order valence-electron chi connectivity index (χ3n) is 3.90. The largest absolute Gasteiger partial charge is 0.484 e. The highest BCUT2D eigenvalue weighted by atomic mass is 32.1. The molecule has 0 spiro atoms. The minimum atomic E-state index is -0.479. The van der Waals surface area contributed by atoms with Crippen molar-refractivity contribution >= 4 is 41.8 Å². The molecule has 2 aromatic carbocycles. The zero-order chi connectivity index (χ0) is 18.1. The van der Waals surface area contributed by atoms with Crippen LogP contribution in [0, 0.1) is 17.0 Å². The Balaban J connectivity index is 2.04. The number of ether oxygens (including phenoxy) is 1. The van der Waals surface area contributed by atoms with Crippen molar-refractivity contribution in [3.63, 3.8) is 0 Å². The van der Waals surface area contributed by atoms with E-state index in [1.807, 2.05) is 44.2 Å². The lowest BCUT2D eigenvalue weighted by molar-refractivity contribution is -0.387. The molecule has 1 aromatic heterocycles. The molecule has 0 aliphatic rings. The Morgan fingerprint density at radius 3 is 2.64 bits per heavy atom. The maximum Gasteiger partial charge on any atom is 0.283 e. The van der Waals surface area contributed by atoms with Gasteiger partial charge in [0, 0.05) is 27.6 Å². The number of aromatic nitrogens is 1. The first kappa shape index (κ1) is 17.6. The van der Waals surface area contributed by atoms with Crippen molar-refractivity contribution in [2.45, 2.75) is 29.7 Å². The van der Waals surface area contributed by atoms with Crippen molar-refractivity contribution in [1.82, 2.24) is 4.98 Å². The molecule has 25 heavy (non-hydrogen) atoms. The number of nitro groups is 1. The predicted molar refractivity (Wildman–Crippen MR) is 103 cm³/mol. The van der Waals surface area contributed by atoms with Gasteiger partial charge in [-0.05, 0) is 32.0 Å². The van der Waals surface area contributed by atoms with Crippen molar-refractivity contribution in [1.29, 1.82) is 0 Å². The summed E-state index contributed by atoms with van der Waals surface area (Å²) in [5.74, 6) is 0.612. The molecule has 0 aliphatic carbocycles. The summed E-state index contributed by atoms with van der Waals surface area (Å²) >= 11 is 8.74. The minimum Gasteiger partial charge on any atom is -0.484 e. The normalized spacial score (nSPS) is 12.2. The molecule has 0 N–H and O–H groups in total. The Kier molecular flexibility index (Phi) is 4.87. The van der Waals surface area contributed by atoms with E-state index in [1.54, 1.807) is 6.07 Å². The second-order valence-corrected chi connectivity index (χ2v) is 6.59. The van der Waals surface area contributed by atoms with Gasteiger partial charge in [0.25, 0.3) is 5.69 Å². The van der Waals surface area contributed by atoms with Crippen LogP contribution in [0.5, 0.6) is 5.75 Å². The van der Waals surface area contributed by atoms with Crippen molar-refractivity contribution in [3.05, 3.63) is 63.8 Å². The zero-order valence-corrected chi connectivity index (χ0v) is 15.4. The summed E-state index contributed by atoms with van der Waals surface area (Å²) in [6.45, 7) is 3.73. The lowest BCUT2D eigenvalue weighted by Gasteiger charge is -2.19. The van der Waals surface area contributed by atoms with Crippen LogP contribution < -0.4 is 4.74 Å².